The highest BCUT2D eigenvalue weighted by molar-refractivity contribution is 5.62. The second kappa shape index (κ2) is 3.81. The molecule has 1 fully saturated rings. The third-order valence-corrected chi connectivity index (χ3v) is 4.22. The summed E-state index contributed by atoms with van der Waals surface area (Å²) in [5, 5.41) is 7.62. The minimum Gasteiger partial charge on any atom is -0.313 e. The Balaban J connectivity index is 2.81. The molecule has 1 N–H and O–H groups in total. The van der Waals surface area contributed by atoms with E-state index in [2.05, 4.69) is 27.7 Å². The van der Waals surface area contributed by atoms with Gasteiger partial charge in [-0.2, -0.15) is 0 Å². The molecule has 0 aliphatic heterocycles. The fourth-order valence-electron chi connectivity index (χ4n) is 2.77. The Labute approximate surface area is 82.4 Å². The minimum atomic E-state index is 0.135. The number of rotatable bonds is 3. The van der Waals surface area contributed by atoms with E-state index >= 15 is 0 Å². The summed E-state index contributed by atoms with van der Waals surface area (Å²) in [4.78, 5) is 0. The number of nitrogens with one attached hydrogen (secondary N) is 1. The molecule has 1 heteroatoms. The zero-order chi connectivity index (χ0) is 10.1. The average Bonchev–Trinajstić information content (AvgIpc) is 2.50. The molecule has 76 valence electrons. The van der Waals surface area contributed by atoms with Gasteiger partial charge in [0.1, 0.15) is 0 Å². The molecule has 0 aromatic carbocycles. The van der Waals surface area contributed by atoms with Crippen LogP contribution in [0.2, 0.25) is 0 Å². The SMILES string of the molecule is CC1CCCC1C(C)(C=N)C(C)C. The summed E-state index contributed by atoms with van der Waals surface area (Å²) >= 11 is 0. The lowest BCUT2D eigenvalue weighted by Crippen LogP contribution is -2.35. The third kappa shape index (κ3) is 1.79. The van der Waals surface area contributed by atoms with Crippen LogP contribution in [0.25, 0.3) is 0 Å². The van der Waals surface area contributed by atoms with Gasteiger partial charge in [0.15, 0.2) is 0 Å². The van der Waals surface area contributed by atoms with E-state index in [4.69, 9.17) is 5.41 Å². The quantitative estimate of drug-likeness (QED) is 0.641. The molecule has 0 saturated heterocycles. The van der Waals surface area contributed by atoms with Crippen molar-refractivity contribution in [3.63, 3.8) is 0 Å². The molecule has 1 nitrogen and oxygen atoms in total. The molecule has 0 amide bonds. The normalized spacial score (nSPS) is 33.3. The molecule has 1 aliphatic carbocycles. The molecule has 0 spiro atoms. The van der Waals surface area contributed by atoms with Crippen LogP contribution in [-0.4, -0.2) is 6.21 Å². The van der Waals surface area contributed by atoms with Crippen molar-refractivity contribution in [3.05, 3.63) is 0 Å². The van der Waals surface area contributed by atoms with Crippen LogP contribution in [0.5, 0.6) is 0 Å². The maximum Gasteiger partial charge on any atom is 0.00750 e. The first-order valence-corrected chi connectivity index (χ1v) is 5.54. The maximum atomic E-state index is 7.62. The zero-order valence-electron chi connectivity index (χ0n) is 9.43. The van der Waals surface area contributed by atoms with Gasteiger partial charge in [-0.25, -0.2) is 0 Å². The Kier molecular flexibility index (Phi) is 3.15. The standard InChI is InChI=1S/C12H23N/c1-9(2)12(4,8-13)11-7-5-6-10(11)3/h8-11,13H,5-7H2,1-4H3. The van der Waals surface area contributed by atoms with Crippen molar-refractivity contribution in [3.8, 4) is 0 Å². The lowest BCUT2D eigenvalue weighted by atomic mass is 9.66. The summed E-state index contributed by atoms with van der Waals surface area (Å²) in [7, 11) is 0. The van der Waals surface area contributed by atoms with Gasteiger partial charge in [0, 0.05) is 11.6 Å². The monoisotopic (exact) mass is 181 g/mol. The topological polar surface area (TPSA) is 23.9 Å². The Morgan fingerprint density at radius 3 is 2.31 bits per heavy atom. The van der Waals surface area contributed by atoms with Crippen LogP contribution in [0.4, 0.5) is 0 Å². The molecule has 13 heavy (non-hydrogen) atoms. The Morgan fingerprint density at radius 2 is 2.00 bits per heavy atom. The Hall–Kier alpha value is -0.330. The summed E-state index contributed by atoms with van der Waals surface area (Å²) in [6, 6.07) is 0. The largest absolute Gasteiger partial charge is 0.313 e. The van der Waals surface area contributed by atoms with E-state index in [1.54, 1.807) is 6.21 Å². The van der Waals surface area contributed by atoms with Crippen molar-refractivity contribution < 1.29 is 0 Å². The van der Waals surface area contributed by atoms with Gasteiger partial charge in [0.2, 0.25) is 0 Å². The van der Waals surface area contributed by atoms with Crippen LogP contribution in [0.3, 0.4) is 0 Å². The molecule has 3 atom stereocenters. The molecule has 1 aliphatic rings. The molecule has 0 heterocycles. The van der Waals surface area contributed by atoms with Crippen LogP contribution < -0.4 is 0 Å². The Morgan fingerprint density at radius 1 is 1.38 bits per heavy atom. The van der Waals surface area contributed by atoms with E-state index in [1.165, 1.54) is 19.3 Å². The number of hydrogen-bond donors (Lipinski definition) is 1. The molecule has 3 unspecified atom stereocenters. The lowest BCUT2D eigenvalue weighted by Gasteiger charge is -2.38. The summed E-state index contributed by atoms with van der Waals surface area (Å²) in [5.74, 6) is 2.15. The lowest BCUT2D eigenvalue weighted by molar-refractivity contribution is 0.172. The molecule has 0 aromatic heterocycles. The third-order valence-electron chi connectivity index (χ3n) is 4.22. The molecular weight excluding hydrogens is 158 g/mol. The van der Waals surface area contributed by atoms with Crippen molar-refractivity contribution in [1.82, 2.24) is 0 Å². The molecule has 0 radical (unpaired) electrons. The smallest absolute Gasteiger partial charge is 0.00750 e. The zero-order valence-corrected chi connectivity index (χ0v) is 9.43. The predicted octanol–water partition coefficient (Wildman–Crippen LogP) is 3.73. The fraction of sp³-hybridized carbons (Fsp3) is 0.917. The van der Waals surface area contributed by atoms with Crippen molar-refractivity contribution in [2.45, 2.75) is 47.0 Å². The summed E-state index contributed by atoms with van der Waals surface area (Å²) in [6.07, 6.45) is 5.75. The Bertz CT molecular complexity index is 186. The summed E-state index contributed by atoms with van der Waals surface area (Å²) in [5.41, 5.74) is 0.135. The van der Waals surface area contributed by atoms with Crippen molar-refractivity contribution >= 4 is 6.21 Å². The highest BCUT2D eigenvalue weighted by Gasteiger charge is 2.40. The maximum absolute atomic E-state index is 7.62. The summed E-state index contributed by atoms with van der Waals surface area (Å²) < 4.78 is 0. The molecule has 0 bridgehead atoms. The van der Waals surface area contributed by atoms with E-state index in [0.717, 1.165) is 11.8 Å². The molecular formula is C12H23N. The van der Waals surface area contributed by atoms with E-state index in [1.807, 2.05) is 0 Å². The van der Waals surface area contributed by atoms with Gasteiger partial charge >= 0.3 is 0 Å². The van der Waals surface area contributed by atoms with Gasteiger partial charge in [-0.3, -0.25) is 0 Å². The predicted molar refractivity (Wildman–Crippen MR) is 58.2 cm³/mol. The first kappa shape index (κ1) is 10.7. The summed E-state index contributed by atoms with van der Waals surface area (Å²) in [6.45, 7) is 9.10. The van der Waals surface area contributed by atoms with Crippen LogP contribution in [-0.2, 0) is 0 Å². The van der Waals surface area contributed by atoms with Crippen LogP contribution >= 0.6 is 0 Å². The van der Waals surface area contributed by atoms with E-state index < -0.39 is 0 Å². The number of hydrogen-bond acceptors (Lipinski definition) is 1. The van der Waals surface area contributed by atoms with Crippen molar-refractivity contribution in [2.24, 2.45) is 23.2 Å². The van der Waals surface area contributed by atoms with Gasteiger partial charge in [0.05, 0.1) is 0 Å². The van der Waals surface area contributed by atoms with Crippen molar-refractivity contribution in [2.75, 3.05) is 0 Å². The van der Waals surface area contributed by atoms with Gasteiger partial charge in [-0.1, -0.05) is 40.5 Å². The second-order valence-corrected chi connectivity index (χ2v) is 5.18. The molecule has 1 rings (SSSR count). The minimum absolute atomic E-state index is 0.135. The van der Waals surface area contributed by atoms with Gasteiger partial charge in [-0.15, -0.1) is 0 Å². The highest BCUT2D eigenvalue weighted by Crippen LogP contribution is 2.46. The first-order valence-electron chi connectivity index (χ1n) is 5.54. The molecule has 0 aromatic rings. The van der Waals surface area contributed by atoms with E-state index in [-0.39, 0.29) is 5.41 Å². The van der Waals surface area contributed by atoms with Crippen LogP contribution in [0, 0.1) is 28.6 Å². The van der Waals surface area contributed by atoms with E-state index in [0.29, 0.717) is 5.92 Å². The van der Waals surface area contributed by atoms with Crippen molar-refractivity contribution in [1.29, 1.82) is 5.41 Å². The van der Waals surface area contributed by atoms with Crippen LogP contribution in [0.1, 0.15) is 47.0 Å². The second-order valence-electron chi connectivity index (χ2n) is 5.18. The van der Waals surface area contributed by atoms with Gasteiger partial charge in [0.25, 0.3) is 0 Å². The fourth-order valence-corrected chi connectivity index (χ4v) is 2.77. The van der Waals surface area contributed by atoms with Gasteiger partial charge < -0.3 is 5.41 Å². The molecule has 1 saturated carbocycles. The highest BCUT2D eigenvalue weighted by atomic mass is 14.5. The first-order chi connectivity index (χ1) is 6.02. The van der Waals surface area contributed by atoms with Gasteiger partial charge in [-0.05, 0) is 24.2 Å². The average molecular weight is 181 g/mol. The van der Waals surface area contributed by atoms with E-state index in [9.17, 15) is 0 Å². The van der Waals surface area contributed by atoms with Crippen LogP contribution in [0.15, 0.2) is 0 Å².